The summed E-state index contributed by atoms with van der Waals surface area (Å²) in [5.74, 6) is 0.112. The van der Waals surface area contributed by atoms with Gasteiger partial charge in [0, 0.05) is 5.75 Å². The lowest BCUT2D eigenvalue weighted by Crippen LogP contribution is -2.31. The van der Waals surface area contributed by atoms with Crippen molar-refractivity contribution in [2.75, 3.05) is 4.90 Å². The molecule has 3 aromatic carbocycles. The van der Waals surface area contributed by atoms with Gasteiger partial charge in [0.2, 0.25) is 0 Å². The minimum Gasteiger partial charge on any atom is -0.268 e. The molecule has 0 aromatic heterocycles. The molecule has 0 unspecified atom stereocenters. The van der Waals surface area contributed by atoms with Gasteiger partial charge in [0.25, 0.3) is 11.8 Å². The molecule has 1 aliphatic heterocycles. The number of aryl methyl sites for hydroxylation is 1. The molecule has 0 aliphatic carbocycles. The second kappa shape index (κ2) is 7.87. The Kier molecular flexibility index (Phi) is 5.13. The van der Waals surface area contributed by atoms with Crippen LogP contribution in [0.1, 0.15) is 16.7 Å². The first-order valence-corrected chi connectivity index (χ1v) is 10.1. The first-order chi connectivity index (χ1) is 13.6. The van der Waals surface area contributed by atoms with Crippen molar-refractivity contribution in [2.45, 2.75) is 12.7 Å². The SMILES string of the molecule is Cc1cccc(N2C(=O)C(SCc3ccccc3)=C(c3ccccc3)C2=O)c1. The van der Waals surface area contributed by atoms with Crippen molar-refractivity contribution in [3.8, 4) is 0 Å². The van der Waals surface area contributed by atoms with Crippen molar-refractivity contribution in [1.29, 1.82) is 0 Å². The molecule has 0 atom stereocenters. The van der Waals surface area contributed by atoms with E-state index in [-0.39, 0.29) is 11.8 Å². The van der Waals surface area contributed by atoms with Crippen LogP contribution in [-0.2, 0) is 15.3 Å². The van der Waals surface area contributed by atoms with Crippen LogP contribution in [0.25, 0.3) is 5.57 Å². The van der Waals surface area contributed by atoms with Crippen molar-refractivity contribution in [3.63, 3.8) is 0 Å². The van der Waals surface area contributed by atoms with E-state index < -0.39 is 0 Å². The average molecular weight is 385 g/mol. The Hall–Kier alpha value is -3.11. The molecule has 1 aliphatic rings. The number of benzene rings is 3. The van der Waals surface area contributed by atoms with Crippen molar-refractivity contribution in [2.24, 2.45) is 0 Å². The fourth-order valence-corrected chi connectivity index (χ4v) is 4.30. The molecule has 3 nitrogen and oxygen atoms in total. The summed E-state index contributed by atoms with van der Waals surface area (Å²) < 4.78 is 0. The molecule has 0 N–H and O–H groups in total. The zero-order valence-corrected chi connectivity index (χ0v) is 16.3. The summed E-state index contributed by atoms with van der Waals surface area (Å²) >= 11 is 1.42. The van der Waals surface area contributed by atoms with Gasteiger partial charge in [-0.3, -0.25) is 9.59 Å². The molecule has 0 radical (unpaired) electrons. The summed E-state index contributed by atoms with van der Waals surface area (Å²) in [6.07, 6.45) is 0. The highest BCUT2D eigenvalue weighted by molar-refractivity contribution is 8.03. The molecule has 28 heavy (non-hydrogen) atoms. The van der Waals surface area contributed by atoms with E-state index in [1.165, 1.54) is 16.7 Å². The van der Waals surface area contributed by atoms with E-state index in [9.17, 15) is 9.59 Å². The molecule has 4 heteroatoms. The van der Waals surface area contributed by atoms with Gasteiger partial charge < -0.3 is 0 Å². The van der Waals surface area contributed by atoms with Crippen LogP contribution in [0.3, 0.4) is 0 Å². The summed E-state index contributed by atoms with van der Waals surface area (Å²) in [6.45, 7) is 1.95. The fraction of sp³-hybridized carbons (Fsp3) is 0.0833. The minimum atomic E-state index is -0.266. The van der Waals surface area contributed by atoms with Crippen LogP contribution in [0, 0.1) is 6.92 Å². The standard InChI is InChI=1S/C24H19NO2S/c1-17-9-8-14-20(15-17)25-23(26)21(19-12-6-3-7-13-19)22(24(25)27)28-16-18-10-4-2-5-11-18/h2-15H,16H2,1H3. The predicted molar refractivity (Wildman–Crippen MR) is 115 cm³/mol. The van der Waals surface area contributed by atoms with E-state index in [2.05, 4.69) is 0 Å². The molecule has 0 fully saturated rings. The van der Waals surface area contributed by atoms with Crippen molar-refractivity contribution < 1.29 is 9.59 Å². The van der Waals surface area contributed by atoms with E-state index in [0.29, 0.717) is 21.9 Å². The minimum absolute atomic E-state index is 0.254. The molecule has 4 rings (SSSR count). The van der Waals surface area contributed by atoms with Crippen LogP contribution in [0.5, 0.6) is 0 Å². The smallest absolute Gasteiger partial charge is 0.268 e. The molecule has 0 spiro atoms. The number of nitrogens with zero attached hydrogens (tertiary/aromatic N) is 1. The van der Waals surface area contributed by atoms with Gasteiger partial charge in [-0.05, 0) is 35.7 Å². The monoisotopic (exact) mass is 385 g/mol. The zero-order chi connectivity index (χ0) is 19.5. The molecule has 2 amide bonds. The van der Waals surface area contributed by atoms with Crippen LogP contribution in [-0.4, -0.2) is 11.8 Å². The van der Waals surface area contributed by atoms with Crippen molar-refractivity contribution in [1.82, 2.24) is 0 Å². The maximum atomic E-state index is 13.3. The van der Waals surface area contributed by atoms with E-state index in [1.807, 2.05) is 85.8 Å². The Labute approximate surface area is 168 Å². The first-order valence-electron chi connectivity index (χ1n) is 9.07. The highest BCUT2D eigenvalue weighted by Crippen LogP contribution is 2.39. The maximum Gasteiger partial charge on any atom is 0.272 e. The zero-order valence-electron chi connectivity index (χ0n) is 15.5. The lowest BCUT2D eigenvalue weighted by atomic mass is 10.1. The van der Waals surface area contributed by atoms with E-state index in [4.69, 9.17) is 0 Å². The normalized spacial score (nSPS) is 14.1. The van der Waals surface area contributed by atoms with E-state index in [0.717, 1.165) is 16.7 Å². The fourth-order valence-electron chi connectivity index (χ4n) is 3.23. The van der Waals surface area contributed by atoms with Crippen LogP contribution >= 0.6 is 11.8 Å². The molecule has 0 saturated carbocycles. The number of imide groups is 1. The Bertz CT molecular complexity index is 1060. The number of rotatable bonds is 5. The number of carbonyl (C=O) groups excluding carboxylic acids is 2. The lowest BCUT2D eigenvalue weighted by molar-refractivity contribution is -0.119. The van der Waals surface area contributed by atoms with Crippen LogP contribution < -0.4 is 4.90 Å². The number of thioether (sulfide) groups is 1. The number of hydrogen-bond acceptors (Lipinski definition) is 3. The number of carbonyl (C=O) groups is 2. The van der Waals surface area contributed by atoms with Gasteiger partial charge in [0.15, 0.2) is 0 Å². The molecule has 138 valence electrons. The lowest BCUT2D eigenvalue weighted by Gasteiger charge is -2.15. The highest BCUT2D eigenvalue weighted by atomic mass is 32.2. The number of anilines is 1. The van der Waals surface area contributed by atoms with E-state index in [1.54, 1.807) is 6.07 Å². The highest BCUT2D eigenvalue weighted by Gasteiger charge is 2.40. The van der Waals surface area contributed by atoms with Crippen LogP contribution in [0.15, 0.2) is 89.8 Å². The first kappa shape index (κ1) is 18.3. The molecule has 1 heterocycles. The topological polar surface area (TPSA) is 37.4 Å². The molecule has 0 saturated heterocycles. The van der Waals surface area contributed by atoms with Gasteiger partial charge >= 0.3 is 0 Å². The average Bonchev–Trinajstić information content (AvgIpc) is 2.97. The van der Waals surface area contributed by atoms with Gasteiger partial charge in [0.05, 0.1) is 16.2 Å². The third-order valence-electron chi connectivity index (χ3n) is 4.59. The Morgan fingerprint density at radius 1 is 0.786 bits per heavy atom. The third kappa shape index (κ3) is 3.51. The Morgan fingerprint density at radius 2 is 1.46 bits per heavy atom. The summed E-state index contributed by atoms with van der Waals surface area (Å²) in [6, 6.07) is 26.9. The molecule has 3 aromatic rings. The van der Waals surface area contributed by atoms with Crippen molar-refractivity contribution in [3.05, 3.63) is 107 Å². The quantitative estimate of drug-likeness (QED) is 0.566. The molecule has 0 bridgehead atoms. The maximum absolute atomic E-state index is 13.3. The molecular formula is C24H19NO2S. The second-order valence-electron chi connectivity index (χ2n) is 6.63. The van der Waals surface area contributed by atoms with Gasteiger partial charge in [-0.25, -0.2) is 4.90 Å². The summed E-state index contributed by atoms with van der Waals surface area (Å²) in [7, 11) is 0. The van der Waals surface area contributed by atoms with Gasteiger partial charge in [-0.1, -0.05) is 72.8 Å². The van der Waals surface area contributed by atoms with Gasteiger partial charge in [-0.15, -0.1) is 11.8 Å². The van der Waals surface area contributed by atoms with Crippen LogP contribution in [0.4, 0.5) is 5.69 Å². The number of hydrogen-bond donors (Lipinski definition) is 0. The summed E-state index contributed by atoms with van der Waals surface area (Å²) in [5.41, 5.74) is 3.98. The predicted octanol–water partition coefficient (Wildman–Crippen LogP) is 5.21. The summed E-state index contributed by atoms with van der Waals surface area (Å²) in [4.78, 5) is 28.3. The number of amides is 2. The van der Waals surface area contributed by atoms with Gasteiger partial charge in [0.1, 0.15) is 0 Å². The van der Waals surface area contributed by atoms with E-state index >= 15 is 0 Å². The van der Waals surface area contributed by atoms with Gasteiger partial charge in [-0.2, -0.15) is 0 Å². The Morgan fingerprint density at radius 3 is 2.14 bits per heavy atom. The van der Waals surface area contributed by atoms with Crippen molar-refractivity contribution >= 4 is 34.8 Å². The molecular weight excluding hydrogens is 366 g/mol. The van der Waals surface area contributed by atoms with Crippen LogP contribution in [0.2, 0.25) is 0 Å². The summed E-state index contributed by atoms with van der Waals surface area (Å²) in [5, 5.41) is 0. The second-order valence-corrected chi connectivity index (χ2v) is 7.61. The largest absolute Gasteiger partial charge is 0.272 e. The Balaban J connectivity index is 1.74. The third-order valence-corrected chi connectivity index (χ3v) is 5.73.